The van der Waals surface area contributed by atoms with Crippen molar-refractivity contribution >= 4 is 5.91 Å². The number of carbonyl (C=O) groups excluding carboxylic acids is 1. The summed E-state index contributed by atoms with van der Waals surface area (Å²) in [5.41, 5.74) is 2.08. The van der Waals surface area contributed by atoms with Crippen molar-refractivity contribution in [2.75, 3.05) is 26.2 Å². The number of nitrogens with zero attached hydrogens (tertiary/aromatic N) is 5. The molecule has 3 heterocycles. The second-order valence-corrected chi connectivity index (χ2v) is 6.49. The topological polar surface area (TPSA) is 78.0 Å². The Morgan fingerprint density at radius 3 is 2.72 bits per heavy atom. The molecule has 0 saturated carbocycles. The molecule has 7 nitrogen and oxygen atoms in total. The van der Waals surface area contributed by atoms with Gasteiger partial charge in [-0.25, -0.2) is 0 Å². The molecule has 3 rings (SSSR count). The van der Waals surface area contributed by atoms with Crippen molar-refractivity contribution in [2.45, 2.75) is 39.2 Å². The maximum atomic E-state index is 13.1. The molecule has 1 fully saturated rings. The monoisotopic (exact) mass is 342 g/mol. The maximum absolute atomic E-state index is 13.1. The second kappa shape index (κ2) is 8.20. The Bertz CT molecular complexity index is 678. The fourth-order valence-electron chi connectivity index (χ4n) is 3.40. The van der Waals surface area contributed by atoms with Crippen LogP contribution in [0.2, 0.25) is 0 Å². The first-order valence-electron chi connectivity index (χ1n) is 8.99. The third kappa shape index (κ3) is 4.22. The molecule has 2 aromatic rings. The van der Waals surface area contributed by atoms with Gasteiger partial charge in [0.05, 0.1) is 5.69 Å². The van der Waals surface area contributed by atoms with Gasteiger partial charge in [0, 0.05) is 44.0 Å². The summed E-state index contributed by atoms with van der Waals surface area (Å²) in [4.78, 5) is 21.9. The van der Waals surface area contributed by atoms with Crippen LogP contribution >= 0.6 is 0 Å². The molecular formula is C18H26N6O. The zero-order valence-corrected chi connectivity index (χ0v) is 15.0. The third-order valence-electron chi connectivity index (χ3n) is 4.97. The minimum absolute atomic E-state index is 0.0304. The maximum Gasteiger partial charge on any atom is 0.276 e. The van der Waals surface area contributed by atoms with Crippen molar-refractivity contribution < 1.29 is 4.79 Å². The number of likely N-dealkylation sites (tertiary alicyclic amines) is 1. The zero-order valence-electron chi connectivity index (χ0n) is 15.0. The van der Waals surface area contributed by atoms with E-state index >= 15 is 0 Å². The van der Waals surface area contributed by atoms with Crippen molar-refractivity contribution in [3.8, 4) is 0 Å². The van der Waals surface area contributed by atoms with Gasteiger partial charge in [-0.1, -0.05) is 13.0 Å². The minimum atomic E-state index is -0.0304. The van der Waals surface area contributed by atoms with Crippen molar-refractivity contribution in [1.29, 1.82) is 0 Å². The van der Waals surface area contributed by atoms with E-state index in [4.69, 9.17) is 0 Å². The number of hydrogen-bond donors (Lipinski definition) is 1. The van der Waals surface area contributed by atoms with Crippen LogP contribution in [-0.4, -0.2) is 68.3 Å². The molecule has 0 radical (unpaired) electrons. The standard InChI is InChI=1S/C18H26N6O/c1-3-23-11-8-16(9-12-23)24(13-7-15-6-4-5-10-19-15)18(25)17-14(2)20-22-21-17/h4-6,10,16H,3,7-9,11-13H2,1-2H3,(H,20,21,22). The highest BCUT2D eigenvalue weighted by Gasteiger charge is 2.30. The Morgan fingerprint density at radius 2 is 2.12 bits per heavy atom. The average molecular weight is 342 g/mol. The number of piperidine rings is 1. The van der Waals surface area contributed by atoms with Crippen molar-refractivity contribution in [3.63, 3.8) is 0 Å². The van der Waals surface area contributed by atoms with Crippen molar-refractivity contribution in [2.24, 2.45) is 0 Å². The highest BCUT2D eigenvalue weighted by molar-refractivity contribution is 5.93. The first-order chi connectivity index (χ1) is 12.2. The van der Waals surface area contributed by atoms with Gasteiger partial charge in [0.25, 0.3) is 5.91 Å². The lowest BCUT2D eigenvalue weighted by Gasteiger charge is -2.38. The highest BCUT2D eigenvalue weighted by atomic mass is 16.2. The molecular weight excluding hydrogens is 316 g/mol. The minimum Gasteiger partial charge on any atom is -0.334 e. The van der Waals surface area contributed by atoms with Gasteiger partial charge in [0.2, 0.25) is 0 Å². The molecule has 2 aromatic heterocycles. The predicted octanol–water partition coefficient (Wildman–Crippen LogP) is 1.68. The molecule has 25 heavy (non-hydrogen) atoms. The summed E-state index contributed by atoms with van der Waals surface area (Å²) >= 11 is 0. The number of aromatic nitrogens is 4. The molecule has 1 aliphatic heterocycles. The number of aromatic amines is 1. The van der Waals surface area contributed by atoms with Crippen LogP contribution in [0.15, 0.2) is 24.4 Å². The van der Waals surface area contributed by atoms with Gasteiger partial charge < -0.3 is 9.80 Å². The van der Waals surface area contributed by atoms with Crippen LogP contribution < -0.4 is 0 Å². The van der Waals surface area contributed by atoms with E-state index < -0.39 is 0 Å². The first kappa shape index (κ1) is 17.5. The summed E-state index contributed by atoms with van der Waals surface area (Å²) < 4.78 is 0. The van der Waals surface area contributed by atoms with Crippen LogP contribution in [0.4, 0.5) is 0 Å². The van der Waals surface area contributed by atoms with E-state index in [-0.39, 0.29) is 11.9 Å². The van der Waals surface area contributed by atoms with Gasteiger partial charge in [0.15, 0.2) is 5.69 Å². The number of nitrogens with one attached hydrogen (secondary N) is 1. The van der Waals surface area contributed by atoms with Gasteiger partial charge in [-0.05, 0) is 38.4 Å². The van der Waals surface area contributed by atoms with Crippen molar-refractivity contribution in [3.05, 3.63) is 41.5 Å². The zero-order chi connectivity index (χ0) is 17.6. The molecule has 0 atom stereocenters. The Morgan fingerprint density at radius 1 is 1.32 bits per heavy atom. The first-order valence-corrected chi connectivity index (χ1v) is 8.99. The van der Waals surface area contributed by atoms with Gasteiger partial charge in [-0.3, -0.25) is 9.78 Å². The fraction of sp³-hybridized carbons (Fsp3) is 0.556. The summed E-state index contributed by atoms with van der Waals surface area (Å²) in [5.74, 6) is -0.0304. The molecule has 0 unspecified atom stereocenters. The number of carbonyl (C=O) groups is 1. The molecule has 1 amide bonds. The van der Waals surface area contributed by atoms with E-state index in [0.29, 0.717) is 17.9 Å². The lowest BCUT2D eigenvalue weighted by atomic mass is 10.0. The second-order valence-electron chi connectivity index (χ2n) is 6.49. The van der Waals surface area contributed by atoms with Crippen LogP contribution in [0.5, 0.6) is 0 Å². The number of hydrogen-bond acceptors (Lipinski definition) is 5. The fourth-order valence-corrected chi connectivity index (χ4v) is 3.40. The van der Waals surface area contributed by atoms with E-state index in [2.05, 4.69) is 32.2 Å². The van der Waals surface area contributed by atoms with Crippen LogP contribution in [-0.2, 0) is 6.42 Å². The Kier molecular flexibility index (Phi) is 5.75. The normalized spacial score (nSPS) is 16.1. The molecule has 7 heteroatoms. The average Bonchev–Trinajstić information content (AvgIpc) is 3.09. The molecule has 1 N–H and O–H groups in total. The molecule has 0 aromatic carbocycles. The number of H-pyrrole nitrogens is 1. The molecule has 0 spiro atoms. The van der Waals surface area contributed by atoms with Gasteiger partial charge in [0.1, 0.15) is 0 Å². The Labute approximate surface area is 148 Å². The molecule has 134 valence electrons. The van der Waals surface area contributed by atoms with Crippen molar-refractivity contribution in [1.82, 2.24) is 30.2 Å². The quantitative estimate of drug-likeness (QED) is 0.864. The van der Waals surface area contributed by atoms with Gasteiger partial charge >= 0.3 is 0 Å². The van der Waals surface area contributed by atoms with E-state index in [1.54, 1.807) is 6.20 Å². The third-order valence-corrected chi connectivity index (χ3v) is 4.97. The van der Waals surface area contributed by atoms with Gasteiger partial charge in [-0.2, -0.15) is 15.4 Å². The number of amides is 1. The number of aryl methyl sites for hydroxylation is 1. The SMILES string of the molecule is CCN1CCC(N(CCc2ccccn2)C(=O)c2n[nH]nc2C)CC1. The Hall–Kier alpha value is -2.28. The van der Waals surface area contributed by atoms with E-state index in [1.165, 1.54) is 0 Å². The summed E-state index contributed by atoms with van der Waals surface area (Å²) in [6, 6.07) is 6.14. The lowest BCUT2D eigenvalue weighted by molar-refractivity contribution is 0.0573. The lowest BCUT2D eigenvalue weighted by Crippen LogP contribution is -2.48. The predicted molar refractivity (Wildman–Crippen MR) is 95.2 cm³/mol. The summed E-state index contributed by atoms with van der Waals surface area (Å²) in [6.07, 6.45) is 4.54. The van der Waals surface area contributed by atoms with Crippen LogP contribution in [0.1, 0.15) is 41.6 Å². The number of rotatable bonds is 6. The smallest absolute Gasteiger partial charge is 0.276 e. The summed E-state index contributed by atoms with van der Waals surface area (Å²) in [7, 11) is 0. The van der Waals surface area contributed by atoms with Crippen LogP contribution in [0, 0.1) is 6.92 Å². The molecule has 1 saturated heterocycles. The Balaban J connectivity index is 1.74. The molecule has 0 bridgehead atoms. The molecule has 1 aliphatic rings. The van der Waals surface area contributed by atoms with Crippen LogP contribution in [0.25, 0.3) is 0 Å². The van der Waals surface area contributed by atoms with Crippen LogP contribution in [0.3, 0.4) is 0 Å². The van der Waals surface area contributed by atoms with E-state index in [0.717, 1.165) is 44.6 Å². The molecule has 0 aliphatic carbocycles. The highest BCUT2D eigenvalue weighted by Crippen LogP contribution is 2.19. The number of pyridine rings is 1. The van der Waals surface area contributed by atoms with E-state index in [1.807, 2.05) is 30.0 Å². The largest absolute Gasteiger partial charge is 0.334 e. The summed E-state index contributed by atoms with van der Waals surface area (Å²) in [6.45, 7) is 7.78. The van der Waals surface area contributed by atoms with Gasteiger partial charge in [-0.15, -0.1) is 0 Å². The van der Waals surface area contributed by atoms with E-state index in [9.17, 15) is 4.79 Å². The summed E-state index contributed by atoms with van der Waals surface area (Å²) in [5, 5.41) is 10.6.